The molecule has 0 spiro atoms. The number of anilines is 1. The summed E-state index contributed by atoms with van der Waals surface area (Å²) < 4.78 is 1.76. The lowest BCUT2D eigenvalue weighted by Crippen LogP contribution is -2.19. The van der Waals surface area contributed by atoms with Gasteiger partial charge >= 0.3 is 0 Å². The summed E-state index contributed by atoms with van der Waals surface area (Å²) in [7, 11) is 0. The van der Waals surface area contributed by atoms with E-state index in [9.17, 15) is 4.79 Å². The second-order valence-corrected chi connectivity index (χ2v) is 3.13. The molecule has 12 heavy (non-hydrogen) atoms. The largest absolute Gasteiger partial charge is 0.383 e. The number of carbonyl (C=O) groups is 1. The lowest BCUT2D eigenvalue weighted by Gasteiger charge is -2.26. The van der Waals surface area contributed by atoms with Gasteiger partial charge in [-0.25, -0.2) is 4.68 Å². The second kappa shape index (κ2) is 2.62. The zero-order valence-electron chi connectivity index (χ0n) is 6.73. The fourth-order valence-corrected chi connectivity index (χ4v) is 1.40. The number of aldehydes is 1. The standard InChI is InChI=1S/C8H11N3O/c9-8-6(5-12)4-10-11(8)7-2-1-3-7/h4-5,7H,1-3,9H2. The van der Waals surface area contributed by atoms with E-state index in [1.165, 1.54) is 12.6 Å². The highest BCUT2D eigenvalue weighted by molar-refractivity contribution is 5.81. The zero-order valence-corrected chi connectivity index (χ0v) is 6.73. The molecule has 1 aliphatic rings. The van der Waals surface area contributed by atoms with E-state index in [0.29, 0.717) is 17.4 Å². The van der Waals surface area contributed by atoms with E-state index in [1.54, 1.807) is 4.68 Å². The first-order valence-corrected chi connectivity index (χ1v) is 4.11. The molecule has 1 heterocycles. The fraction of sp³-hybridized carbons (Fsp3) is 0.500. The first-order valence-electron chi connectivity index (χ1n) is 4.11. The smallest absolute Gasteiger partial charge is 0.155 e. The van der Waals surface area contributed by atoms with Crippen molar-refractivity contribution in [1.29, 1.82) is 0 Å². The molecule has 1 aromatic rings. The number of rotatable bonds is 2. The molecule has 4 nitrogen and oxygen atoms in total. The summed E-state index contributed by atoms with van der Waals surface area (Å²) >= 11 is 0. The number of nitrogens with zero attached hydrogens (tertiary/aromatic N) is 2. The first-order chi connectivity index (χ1) is 5.83. The molecular formula is C8H11N3O. The number of aromatic nitrogens is 2. The van der Waals surface area contributed by atoms with Gasteiger partial charge in [-0.15, -0.1) is 0 Å². The molecule has 4 heteroatoms. The third-order valence-electron chi connectivity index (χ3n) is 2.41. The molecule has 1 aliphatic carbocycles. The van der Waals surface area contributed by atoms with Gasteiger partial charge in [-0.3, -0.25) is 4.79 Å². The van der Waals surface area contributed by atoms with E-state index in [-0.39, 0.29) is 0 Å². The molecular weight excluding hydrogens is 154 g/mol. The van der Waals surface area contributed by atoms with E-state index >= 15 is 0 Å². The minimum atomic E-state index is 0.429. The van der Waals surface area contributed by atoms with Crippen LogP contribution in [0.4, 0.5) is 5.82 Å². The van der Waals surface area contributed by atoms with Crippen molar-refractivity contribution in [2.24, 2.45) is 0 Å². The lowest BCUT2D eigenvalue weighted by atomic mass is 9.93. The SMILES string of the molecule is Nc1c(C=O)cnn1C1CCC1. The number of nitrogens with two attached hydrogens (primary N) is 1. The topological polar surface area (TPSA) is 60.9 Å². The maximum Gasteiger partial charge on any atom is 0.155 e. The van der Waals surface area contributed by atoms with Crippen LogP contribution in [-0.4, -0.2) is 16.1 Å². The minimum Gasteiger partial charge on any atom is -0.383 e. The summed E-state index contributed by atoms with van der Waals surface area (Å²) in [6.45, 7) is 0. The third-order valence-corrected chi connectivity index (χ3v) is 2.41. The van der Waals surface area contributed by atoms with Crippen LogP contribution in [0.25, 0.3) is 0 Å². The van der Waals surface area contributed by atoms with Crippen LogP contribution in [0.15, 0.2) is 6.20 Å². The molecule has 0 bridgehead atoms. The van der Waals surface area contributed by atoms with Crippen molar-refractivity contribution >= 4 is 12.1 Å². The lowest BCUT2D eigenvalue weighted by molar-refractivity contribution is 0.112. The number of nitrogen functional groups attached to an aromatic ring is 1. The van der Waals surface area contributed by atoms with Crippen LogP contribution in [0.5, 0.6) is 0 Å². The Morgan fingerprint density at radius 3 is 2.83 bits per heavy atom. The Bertz CT molecular complexity index is 301. The number of hydrogen-bond acceptors (Lipinski definition) is 3. The maximum absolute atomic E-state index is 10.4. The van der Waals surface area contributed by atoms with Gasteiger partial charge < -0.3 is 5.73 Å². The first kappa shape index (κ1) is 7.34. The van der Waals surface area contributed by atoms with Gasteiger partial charge in [0, 0.05) is 0 Å². The Morgan fingerprint density at radius 2 is 2.42 bits per heavy atom. The maximum atomic E-state index is 10.4. The molecule has 0 aromatic carbocycles. The summed E-state index contributed by atoms with van der Waals surface area (Å²) in [5.41, 5.74) is 6.20. The molecule has 0 atom stereocenters. The van der Waals surface area contributed by atoms with Gasteiger partial charge in [-0.05, 0) is 19.3 Å². The van der Waals surface area contributed by atoms with Crippen LogP contribution in [0, 0.1) is 0 Å². The molecule has 2 N–H and O–H groups in total. The molecule has 0 aliphatic heterocycles. The van der Waals surface area contributed by atoms with Crippen LogP contribution in [-0.2, 0) is 0 Å². The minimum absolute atomic E-state index is 0.429. The Kier molecular flexibility index (Phi) is 1.60. The Hall–Kier alpha value is -1.32. The quantitative estimate of drug-likeness (QED) is 0.665. The molecule has 1 fully saturated rings. The van der Waals surface area contributed by atoms with Crippen LogP contribution in [0.3, 0.4) is 0 Å². The van der Waals surface area contributed by atoms with Crippen molar-refractivity contribution in [1.82, 2.24) is 9.78 Å². The normalized spacial score (nSPS) is 17.3. The molecule has 0 radical (unpaired) electrons. The van der Waals surface area contributed by atoms with Crippen molar-refractivity contribution in [3.05, 3.63) is 11.8 Å². The van der Waals surface area contributed by atoms with Crippen LogP contribution in [0.2, 0.25) is 0 Å². The number of hydrogen-bond donors (Lipinski definition) is 1. The van der Waals surface area contributed by atoms with E-state index in [2.05, 4.69) is 5.10 Å². The molecule has 64 valence electrons. The Labute approximate surface area is 70.4 Å². The van der Waals surface area contributed by atoms with Gasteiger partial charge in [0.15, 0.2) is 6.29 Å². The van der Waals surface area contributed by atoms with Crippen molar-refractivity contribution in [2.45, 2.75) is 25.3 Å². The van der Waals surface area contributed by atoms with Crippen molar-refractivity contribution < 1.29 is 4.79 Å². The average Bonchev–Trinajstić information content (AvgIpc) is 2.30. The third kappa shape index (κ3) is 0.913. The van der Waals surface area contributed by atoms with Crippen LogP contribution < -0.4 is 5.73 Å². The molecule has 2 rings (SSSR count). The van der Waals surface area contributed by atoms with E-state index in [1.807, 2.05) is 0 Å². The van der Waals surface area contributed by atoms with Crippen molar-refractivity contribution in [3.8, 4) is 0 Å². The summed E-state index contributed by atoms with van der Waals surface area (Å²) in [4.78, 5) is 10.4. The zero-order chi connectivity index (χ0) is 8.55. The summed E-state index contributed by atoms with van der Waals surface area (Å²) in [6, 6.07) is 0.429. The molecule has 0 saturated heterocycles. The van der Waals surface area contributed by atoms with Gasteiger partial charge in [0.1, 0.15) is 5.82 Å². The van der Waals surface area contributed by atoms with Gasteiger partial charge in [0.25, 0.3) is 0 Å². The highest BCUT2D eigenvalue weighted by Crippen LogP contribution is 2.33. The number of carbonyl (C=O) groups excluding carboxylic acids is 1. The van der Waals surface area contributed by atoms with Crippen LogP contribution >= 0.6 is 0 Å². The Morgan fingerprint density at radius 1 is 1.67 bits per heavy atom. The Balaban J connectivity index is 2.31. The van der Waals surface area contributed by atoms with Crippen LogP contribution in [0.1, 0.15) is 35.7 Å². The molecule has 1 aromatic heterocycles. The predicted octanol–water partition coefficient (Wildman–Crippen LogP) is 1.00. The van der Waals surface area contributed by atoms with E-state index < -0.39 is 0 Å². The molecule has 0 unspecified atom stereocenters. The molecule has 1 saturated carbocycles. The highest BCUT2D eigenvalue weighted by Gasteiger charge is 2.22. The van der Waals surface area contributed by atoms with Crippen molar-refractivity contribution in [3.63, 3.8) is 0 Å². The highest BCUT2D eigenvalue weighted by atomic mass is 16.1. The van der Waals surface area contributed by atoms with Gasteiger partial charge in [-0.2, -0.15) is 5.10 Å². The van der Waals surface area contributed by atoms with Gasteiger partial charge in [0.2, 0.25) is 0 Å². The van der Waals surface area contributed by atoms with Crippen molar-refractivity contribution in [2.75, 3.05) is 5.73 Å². The summed E-state index contributed by atoms with van der Waals surface area (Å²) in [5.74, 6) is 0.509. The molecule has 0 amide bonds. The second-order valence-electron chi connectivity index (χ2n) is 3.13. The summed E-state index contributed by atoms with van der Waals surface area (Å²) in [6.07, 6.45) is 5.77. The van der Waals surface area contributed by atoms with Gasteiger partial charge in [-0.1, -0.05) is 0 Å². The predicted molar refractivity (Wildman–Crippen MR) is 44.9 cm³/mol. The monoisotopic (exact) mass is 165 g/mol. The van der Waals surface area contributed by atoms with E-state index in [4.69, 9.17) is 5.73 Å². The summed E-state index contributed by atoms with van der Waals surface area (Å²) in [5, 5.41) is 4.07. The fourth-order valence-electron chi connectivity index (χ4n) is 1.40. The van der Waals surface area contributed by atoms with Gasteiger partial charge in [0.05, 0.1) is 17.8 Å². The average molecular weight is 165 g/mol. The van der Waals surface area contributed by atoms with E-state index in [0.717, 1.165) is 19.1 Å².